The monoisotopic (exact) mass is 340 g/mol. The molecule has 0 radical (unpaired) electrons. The van der Waals surface area contributed by atoms with Crippen molar-refractivity contribution in [2.75, 3.05) is 6.54 Å². The predicted molar refractivity (Wildman–Crippen MR) is 95.4 cm³/mol. The molecule has 0 unspecified atom stereocenters. The third kappa shape index (κ3) is 2.99. The fourth-order valence-electron chi connectivity index (χ4n) is 3.25. The van der Waals surface area contributed by atoms with Crippen LogP contribution < -0.4 is 5.56 Å². The van der Waals surface area contributed by atoms with Gasteiger partial charge in [0.1, 0.15) is 5.01 Å². The van der Waals surface area contributed by atoms with Gasteiger partial charge in [0.05, 0.1) is 5.69 Å². The first-order valence-corrected chi connectivity index (χ1v) is 9.22. The van der Waals surface area contributed by atoms with Crippen molar-refractivity contribution in [2.24, 2.45) is 0 Å². The third-order valence-corrected chi connectivity index (χ3v) is 5.51. The Balaban J connectivity index is 1.61. The summed E-state index contributed by atoms with van der Waals surface area (Å²) in [6, 6.07) is 10.3. The second-order valence-corrected chi connectivity index (χ2v) is 7.25. The Labute approximate surface area is 144 Å². The SMILES string of the molecule is CCc1nn2c(=O)cc(CN3CCCc4ccccc4C3)nc2s1. The molecule has 0 saturated carbocycles. The van der Waals surface area contributed by atoms with Gasteiger partial charge in [0.25, 0.3) is 5.56 Å². The highest BCUT2D eigenvalue weighted by Crippen LogP contribution is 2.20. The molecule has 0 aliphatic carbocycles. The average Bonchev–Trinajstić information content (AvgIpc) is 2.89. The first kappa shape index (κ1) is 15.5. The Kier molecular flexibility index (Phi) is 4.16. The lowest BCUT2D eigenvalue weighted by atomic mass is 10.0. The molecule has 1 aromatic carbocycles. The molecule has 1 aliphatic rings. The molecule has 5 nitrogen and oxygen atoms in total. The standard InChI is InChI=1S/C18H20N4OS/c1-2-16-20-22-17(23)10-15(19-18(22)24-16)12-21-9-5-8-13-6-3-4-7-14(13)11-21/h3-4,6-7,10H,2,5,8-9,11-12H2,1H3. The lowest BCUT2D eigenvalue weighted by Gasteiger charge is -2.19. The minimum Gasteiger partial charge on any atom is -0.293 e. The number of rotatable bonds is 3. The molecule has 24 heavy (non-hydrogen) atoms. The Bertz CT molecular complexity index is 930. The molecule has 0 spiro atoms. The molecular weight excluding hydrogens is 320 g/mol. The van der Waals surface area contributed by atoms with Crippen LogP contribution in [0.1, 0.15) is 35.2 Å². The van der Waals surface area contributed by atoms with Crippen LogP contribution >= 0.6 is 11.3 Å². The lowest BCUT2D eigenvalue weighted by molar-refractivity contribution is 0.258. The maximum atomic E-state index is 12.3. The van der Waals surface area contributed by atoms with Crippen molar-refractivity contribution in [3.05, 3.63) is 62.5 Å². The van der Waals surface area contributed by atoms with Crippen LogP contribution in [-0.4, -0.2) is 26.0 Å². The molecular formula is C18H20N4OS. The highest BCUT2D eigenvalue weighted by Gasteiger charge is 2.16. The van der Waals surface area contributed by atoms with E-state index in [0.717, 1.165) is 43.1 Å². The third-order valence-electron chi connectivity index (χ3n) is 4.46. The highest BCUT2D eigenvalue weighted by molar-refractivity contribution is 7.16. The van der Waals surface area contributed by atoms with Gasteiger partial charge in [-0.1, -0.05) is 42.5 Å². The smallest absolute Gasteiger partial charge is 0.275 e. The zero-order valence-electron chi connectivity index (χ0n) is 13.7. The van der Waals surface area contributed by atoms with Crippen LogP contribution in [0.4, 0.5) is 0 Å². The number of nitrogens with zero attached hydrogens (tertiary/aromatic N) is 4. The molecule has 0 atom stereocenters. The van der Waals surface area contributed by atoms with Crippen molar-refractivity contribution < 1.29 is 0 Å². The minimum absolute atomic E-state index is 0.0822. The van der Waals surface area contributed by atoms with Crippen LogP contribution in [0.2, 0.25) is 0 Å². The molecule has 3 aromatic rings. The van der Waals surface area contributed by atoms with Crippen LogP contribution in [0.25, 0.3) is 4.96 Å². The lowest BCUT2D eigenvalue weighted by Crippen LogP contribution is -2.25. The molecule has 0 saturated heterocycles. The maximum absolute atomic E-state index is 12.3. The van der Waals surface area contributed by atoms with Crippen LogP contribution in [0.5, 0.6) is 0 Å². The normalized spacial score (nSPS) is 15.4. The average molecular weight is 340 g/mol. The number of hydrogen-bond acceptors (Lipinski definition) is 5. The zero-order chi connectivity index (χ0) is 16.5. The number of aryl methyl sites for hydroxylation is 2. The van der Waals surface area contributed by atoms with Crippen LogP contribution in [0.15, 0.2) is 35.1 Å². The quantitative estimate of drug-likeness (QED) is 0.735. The Morgan fingerprint density at radius 3 is 2.92 bits per heavy atom. The van der Waals surface area contributed by atoms with Crippen LogP contribution in [0.3, 0.4) is 0 Å². The molecule has 1 aliphatic heterocycles. The minimum atomic E-state index is -0.0822. The van der Waals surface area contributed by atoms with Gasteiger partial charge in [-0.2, -0.15) is 9.61 Å². The van der Waals surface area contributed by atoms with E-state index in [0.29, 0.717) is 11.5 Å². The summed E-state index contributed by atoms with van der Waals surface area (Å²) in [5, 5.41) is 5.25. The number of benzene rings is 1. The van der Waals surface area contributed by atoms with E-state index in [1.807, 2.05) is 6.92 Å². The van der Waals surface area contributed by atoms with E-state index in [4.69, 9.17) is 0 Å². The summed E-state index contributed by atoms with van der Waals surface area (Å²) >= 11 is 1.50. The van der Waals surface area contributed by atoms with E-state index in [2.05, 4.69) is 39.2 Å². The first-order valence-electron chi connectivity index (χ1n) is 8.41. The summed E-state index contributed by atoms with van der Waals surface area (Å²) < 4.78 is 1.42. The molecule has 0 fully saturated rings. The highest BCUT2D eigenvalue weighted by atomic mass is 32.1. The molecule has 0 N–H and O–H groups in total. The van der Waals surface area contributed by atoms with Crippen molar-refractivity contribution in [2.45, 2.75) is 39.3 Å². The van der Waals surface area contributed by atoms with Crippen LogP contribution in [0, 0.1) is 0 Å². The molecule has 3 heterocycles. The molecule has 2 aromatic heterocycles. The second kappa shape index (κ2) is 6.45. The van der Waals surface area contributed by atoms with E-state index in [-0.39, 0.29) is 5.56 Å². The number of hydrogen-bond donors (Lipinski definition) is 0. The van der Waals surface area contributed by atoms with E-state index in [9.17, 15) is 4.79 Å². The first-order chi connectivity index (χ1) is 11.7. The van der Waals surface area contributed by atoms with Crippen molar-refractivity contribution in [1.82, 2.24) is 19.5 Å². The topological polar surface area (TPSA) is 50.5 Å². The van der Waals surface area contributed by atoms with Gasteiger partial charge in [0, 0.05) is 19.2 Å². The van der Waals surface area contributed by atoms with E-state index in [1.54, 1.807) is 6.07 Å². The van der Waals surface area contributed by atoms with Crippen molar-refractivity contribution in [3.63, 3.8) is 0 Å². The van der Waals surface area contributed by atoms with Gasteiger partial charge in [0.2, 0.25) is 4.96 Å². The van der Waals surface area contributed by atoms with Gasteiger partial charge in [-0.05, 0) is 36.9 Å². The molecule has 6 heteroatoms. The molecule has 0 amide bonds. The van der Waals surface area contributed by atoms with Gasteiger partial charge in [-0.3, -0.25) is 9.69 Å². The maximum Gasteiger partial charge on any atom is 0.275 e. The van der Waals surface area contributed by atoms with E-state index in [1.165, 1.54) is 27.0 Å². The second-order valence-electron chi connectivity index (χ2n) is 6.21. The van der Waals surface area contributed by atoms with Gasteiger partial charge in [-0.15, -0.1) is 0 Å². The Morgan fingerprint density at radius 1 is 1.25 bits per heavy atom. The van der Waals surface area contributed by atoms with Gasteiger partial charge >= 0.3 is 0 Å². The number of aromatic nitrogens is 3. The molecule has 0 bridgehead atoms. The van der Waals surface area contributed by atoms with Gasteiger partial charge < -0.3 is 0 Å². The fraction of sp³-hybridized carbons (Fsp3) is 0.389. The van der Waals surface area contributed by atoms with E-state index >= 15 is 0 Å². The largest absolute Gasteiger partial charge is 0.293 e. The molecule has 4 rings (SSSR count). The summed E-state index contributed by atoms with van der Waals surface area (Å²) in [7, 11) is 0. The van der Waals surface area contributed by atoms with Crippen LogP contribution in [-0.2, 0) is 25.9 Å². The van der Waals surface area contributed by atoms with E-state index < -0.39 is 0 Å². The summed E-state index contributed by atoms with van der Waals surface area (Å²) in [4.78, 5) is 20.0. The fourth-order valence-corrected chi connectivity index (χ4v) is 4.11. The van der Waals surface area contributed by atoms with Gasteiger partial charge in [-0.25, -0.2) is 4.98 Å². The Hall–Kier alpha value is -2.05. The summed E-state index contributed by atoms with van der Waals surface area (Å²) in [5.74, 6) is 0. The summed E-state index contributed by atoms with van der Waals surface area (Å²) in [6.07, 6.45) is 3.08. The number of fused-ring (bicyclic) bond motifs is 2. The Morgan fingerprint density at radius 2 is 2.08 bits per heavy atom. The summed E-state index contributed by atoms with van der Waals surface area (Å²) in [5.41, 5.74) is 3.59. The van der Waals surface area contributed by atoms with Crippen molar-refractivity contribution in [3.8, 4) is 0 Å². The zero-order valence-corrected chi connectivity index (χ0v) is 14.6. The van der Waals surface area contributed by atoms with Crippen molar-refractivity contribution >= 4 is 16.3 Å². The summed E-state index contributed by atoms with van der Waals surface area (Å²) in [6.45, 7) is 4.69. The predicted octanol–water partition coefficient (Wildman–Crippen LogP) is 2.66. The molecule has 124 valence electrons. The van der Waals surface area contributed by atoms with Gasteiger partial charge in [0.15, 0.2) is 0 Å². The van der Waals surface area contributed by atoms with Crippen molar-refractivity contribution in [1.29, 1.82) is 0 Å².